The maximum atomic E-state index is 12.4. The first kappa shape index (κ1) is 19.3. The zero-order valence-corrected chi connectivity index (χ0v) is 16.7. The first-order chi connectivity index (χ1) is 12.9. The summed E-state index contributed by atoms with van der Waals surface area (Å²) in [5.74, 6) is -0.0610. The van der Waals surface area contributed by atoms with Crippen molar-refractivity contribution in [1.82, 2.24) is 4.98 Å². The second-order valence-corrected chi connectivity index (χ2v) is 9.07. The van der Waals surface area contributed by atoms with Crippen molar-refractivity contribution in [2.75, 3.05) is 18.2 Å². The Morgan fingerprint density at radius 1 is 1.19 bits per heavy atom. The van der Waals surface area contributed by atoms with E-state index in [0.717, 1.165) is 22.2 Å². The molecule has 27 heavy (non-hydrogen) atoms. The summed E-state index contributed by atoms with van der Waals surface area (Å²) in [6, 6.07) is 12.0. The van der Waals surface area contributed by atoms with Crippen molar-refractivity contribution in [2.45, 2.75) is 24.7 Å². The molecule has 0 saturated carbocycles. The Bertz CT molecular complexity index is 1060. The van der Waals surface area contributed by atoms with Crippen LogP contribution in [0.15, 0.2) is 47.4 Å². The van der Waals surface area contributed by atoms with Gasteiger partial charge in [0.25, 0.3) is 0 Å². The Kier molecular flexibility index (Phi) is 5.76. The third kappa shape index (κ3) is 4.45. The Morgan fingerprint density at radius 2 is 1.93 bits per heavy atom. The van der Waals surface area contributed by atoms with E-state index in [1.807, 2.05) is 18.2 Å². The molecule has 1 amide bonds. The molecule has 6 nitrogen and oxygen atoms in total. The Morgan fingerprint density at radius 3 is 2.59 bits per heavy atom. The molecule has 1 heterocycles. The molecule has 0 spiro atoms. The van der Waals surface area contributed by atoms with Gasteiger partial charge in [-0.1, -0.05) is 30.4 Å². The summed E-state index contributed by atoms with van der Waals surface area (Å²) in [7, 11) is -2.03. The number of amides is 1. The number of nitrogens with one attached hydrogen (secondary N) is 1. The quantitative estimate of drug-likeness (QED) is 0.649. The van der Waals surface area contributed by atoms with E-state index in [1.165, 1.54) is 30.6 Å². The molecule has 0 aliphatic rings. The summed E-state index contributed by atoms with van der Waals surface area (Å²) in [5, 5.41) is 3.19. The molecule has 0 radical (unpaired) electrons. The van der Waals surface area contributed by atoms with Gasteiger partial charge in [0.1, 0.15) is 5.75 Å². The number of aromatic nitrogens is 1. The zero-order valence-electron chi connectivity index (χ0n) is 15.1. The van der Waals surface area contributed by atoms with E-state index < -0.39 is 9.84 Å². The molecule has 0 atom stereocenters. The molecule has 0 fully saturated rings. The molecular weight excluding hydrogens is 384 g/mol. The molecule has 1 N–H and O–H groups in total. The molecule has 1 aromatic heterocycles. The molecule has 0 aliphatic heterocycles. The summed E-state index contributed by atoms with van der Waals surface area (Å²) in [6.07, 6.45) is 0.722. The summed E-state index contributed by atoms with van der Waals surface area (Å²) in [4.78, 5) is 16.8. The first-order valence-corrected chi connectivity index (χ1v) is 10.9. The zero-order chi connectivity index (χ0) is 19.4. The average molecular weight is 405 g/mol. The SMILES string of the molecule is CCc1cccc2sc(NC(=O)CCS(=O)(=O)c3ccc(OC)cc3)nc12. The van der Waals surface area contributed by atoms with Crippen molar-refractivity contribution in [3.63, 3.8) is 0 Å². The monoisotopic (exact) mass is 404 g/mol. The lowest BCUT2D eigenvalue weighted by Gasteiger charge is -2.06. The van der Waals surface area contributed by atoms with Crippen LogP contribution in [0.1, 0.15) is 18.9 Å². The van der Waals surface area contributed by atoms with E-state index in [9.17, 15) is 13.2 Å². The fourth-order valence-electron chi connectivity index (χ4n) is 2.65. The lowest BCUT2D eigenvalue weighted by Crippen LogP contribution is -2.17. The van der Waals surface area contributed by atoms with Crippen molar-refractivity contribution >= 4 is 42.4 Å². The van der Waals surface area contributed by atoms with Crippen LogP contribution in [0.4, 0.5) is 5.13 Å². The molecule has 142 valence electrons. The highest BCUT2D eigenvalue weighted by molar-refractivity contribution is 7.91. The smallest absolute Gasteiger partial charge is 0.227 e. The number of rotatable bonds is 7. The minimum Gasteiger partial charge on any atom is -0.497 e. The van der Waals surface area contributed by atoms with Gasteiger partial charge in [-0.25, -0.2) is 13.4 Å². The van der Waals surface area contributed by atoms with Gasteiger partial charge in [0, 0.05) is 6.42 Å². The number of carbonyl (C=O) groups excluding carboxylic acids is 1. The van der Waals surface area contributed by atoms with E-state index in [4.69, 9.17) is 4.74 Å². The van der Waals surface area contributed by atoms with E-state index in [2.05, 4.69) is 17.2 Å². The van der Waals surface area contributed by atoms with Crippen LogP contribution < -0.4 is 10.1 Å². The fourth-order valence-corrected chi connectivity index (χ4v) is 4.82. The van der Waals surface area contributed by atoms with Crippen LogP contribution in [0.5, 0.6) is 5.75 Å². The summed E-state index contributed by atoms with van der Waals surface area (Å²) in [6.45, 7) is 2.05. The van der Waals surface area contributed by atoms with Gasteiger partial charge in [-0.3, -0.25) is 4.79 Å². The van der Waals surface area contributed by atoms with Crippen LogP contribution in [0, 0.1) is 0 Å². The van der Waals surface area contributed by atoms with Gasteiger partial charge in [0.2, 0.25) is 5.91 Å². The molecule has 0 unspecified atom stereocenters. The lowest BCUT2D eigenvalue weighted by molar-refractivity contribution is -0.115. The number of sulfone groups is 1. The predicted molar refractivity (Wildman–Crippen MR) is 107 cm³/mol. The highest BCUT2D eigenvalue weighted by Crippen LogP contribution is 2.28. The van der Waals surface area contributed by atoms with Crippen LogP contribution in [-0.4, -0.2) is 32.2 Å². The summed E-state index contributed by atoms with van der Waals surface area (Å²) in [5.41, 5.74) is 2.00. The van der Waals surface area contributed by atoms with Crippen LogP contribution in [0.2, 0.25) is 0 Å². The number of nitrogens with zero attached hydrogens (tertiary/aromatic N) is 1. The Hall–Kier alpha value is -2.45. The van der Waals surface area contributed by atoms with Gasteiger partial charge in [-0.2, -0.15) is 0 Å². The molecule has 3 aromatic rings. The molecule has 0 bridgehead atoms. The molecule has 8 heteroatoms. The van der Waals surface area contributed by atoms with Crippen LogP contribution >= 0.6 is 11.3 Å². The number of ether oxygens (including phenoxy) is 1. The molecule has 2 aromatic carbocycles. The van der Waals surface area contributed by atoms with E-state index in [-0.39, 0.29) is 23.0 Å². The largest absolute Gasteiger partial charge is 0.497 e. The normalized spacial score (nSPS) is 11.5. The van der Waals surface area contributed by atoms with Gasteiger partial charge in [0.15, 0.2) is 15.0 Å². The number of benzene rings is 2. The van der Waals surface area contributed by atoms with Crippen LogP contribution in [0.3, 0.4) is 0 Å². The van der Waals surface area contributed by atoms with Crippen LogP contribution in [0.25, 0.3) is 10.2 Å². The highest BCUT2D eigenvalue weighted by Gasteiger charge is 2.17. The van der Waals surface area contributed by atoms with Crippen molar-refractivity contribution in [1.29, 1.82) is 0 Å². The Balaban J connectivity index is 1.65. The van der Waals surface area contributed by atoms with Gasteiger partial charge in [-0.05, 0) is 42.3 Å². The number of methoxy groups -OCH3 is 1. The third-order valence-electron chi connectivity index (χ3n) is 4.15. The van der Waals surface area contributed by atoms with Crippen molar-refractivity contribution in [3.8, 4) is 5.75 Å². The van der Waals surface area contributed by atoms with E-state index in [0.29, 0.717) is 10.9 Å². The van der Waals surface area contributed by atoms with Gasteiger partial charge in [-0.15, -0.1) is 0 Å². The maximum absolute atomic E-state index is 12.4. The minimum atomic E-state index is -3.54. The number of hydrogen-bond acceptors (Lipinski definition) is 6. The van der Waals surface area contributed by atoms with Gasteiger partial charge in [0.05, 0.1) is 28.0 Å². The van der Waals surface area contributed by atoms with Gasteiger partial charge >= 0.3 is 0 Å². The van der Waals surface area contributed by atoms with Crippen molar-refractivity contribution in [3.05, 3.63) is 48.0 Å². The lowest BCUT2D eigenvalue weighted by atomic mass is 10.1. The molecule has 0 saturated heterocycles. The van der Waals surface area contributed by atoms with Crippen LogP contribution in [-0.2, 0) is 21.1 Å². The first-order valence-electron chi connectivity index (χ1n) is 8.48. The van der Waals surface area contributed by atoms with Crippen molar-refractivity contribution < 1.29 is 17.9 Å². The molecular formula is C19H20N2O4S2. The number of anilines is 1. The van der Waals surface area contributed by atoms with Gasteiger partial charge < -0.3 is 10.1 Å². The number of fused-ring (bicyclic) bond motifs is 1. The predicted octanol–water partition coefficient (Wildman–Crippen LogP) is 3.67. The average Bonchev–Trinajstić information content (AvgIpc) is 3.08. The third-order valence-corrected chi connectivity index (χ3v) is 6.81. The second kappa shape index (κ2) is 8.06. The summed E-state index contributed by atoms with van der Waals surface area (Å²) < 4.78 is 30.8. The van der Waals surface area contributed by atoms with Crippen molar-refractivity contribution in [2.24, 2.45) is 0 Å². The maximum Gasteiger partial charge on any atom is 0.227 e. The topological polar surface area (TPSA) is 85.4 Å². The number of hydrogen-bond donors (Lipinski definition) is 1. The Labute approximate surface area is 162 Å². The molecule has 3 rings (SSSR count). The second-order valence-electron chi connectivity index (χ2n) is 5.93. The number of carbonyl (C=O) groups is 1. The number of thiazole rings is 1. The summed E-state index contributed by atoms with van der Waals surface area (Å²) >= 11 is 1.38. The molecule has 0 aliphatic carbocycles. The fraction of sp³-hybridized carbons (Fsp3) is 0.263. The minimum absolute atomic E-state index is 0.134. The number of para-hydroxylation sites is 1. The highest BCUT2D eigenvalue weighted by atomic mass is 32.2. The number of aryl methyl sites for hydroxylation is 1. The van der Waals surface area contributed by atoms with E-state index in [1.54, 1.807) is 12.1 Å². The standard InChI is InChI=1S/C19H20N2O4S2/c1-3-13-5-4-6-16-18(13)21-19(26-16)20-17(22)11-12-27(23,24)15-9-7-14(25-2)8-10-15/h4-10H,3,11-12H2,1-2H3,(H,20,21,22). The van der Waals surface area contributed by atoms with E-state index >= 15 is 0 Å².